The molecule has 0 radical (unpaired) electrons. The molecule has 0 spiro atoms. The van der Waals surface area contributed by atoms with Crippen LogP contribution < -0.4 is 10.6 Å². The van der Waals surface area contributed by atoms with Crippen molar-refractivity contribution in [3.8, 4) is 0 Å². The third kappa shape index (κ3) is 5.23. The predicted molar refractivity (Wildman–Crippen MR) is 94.3 cm³/mol. The largest absolute Gasteiger partial charge is 0.376 e. The number of carbonyl (C=O) groups excluding carboxylic acids is 2. The van der Waals surface area contributed by atoms with Gasteiger partial charge >= 0.3 is 6.03 Å². The lowest BCUT2D eigenvalue weighted by Crippen LogP contribution is -2.40. The molecule has 3 amide bonds. The molecule has 1 unspecified atom stereocenters. The van der Waals surface area contributed by atoms with Crippen molar-refractivity contribution in [1.82, 2.24) is 10.2 Å². The van der Waals surface area contributed by atoms with E-state index in [1.807, 2.05) is 20.8 Å². The second kappa shape index (κ2) is 8.68. The number of nitrogens with one attached hydrogen (secondary N) is 2. The van der Waals surface area contributed by atoms with E-state index in [-0.39, 0.29) is 24.1 Å². The van der Waals surface area contributed by atoms with Gasteiger partial charge in [0.15, 0.2) is 0 Å². The van der Waals surface area contributed by atoms with Gasteiger partial charge in [-0.05, 0) is 57.9 Å². The standard InChI is InChI=1S/C18H27N3O3/c1-4-21(12-16-6-5-11-24-16)18(23)20-15-9-7-14(8-10-15)17(22)19-13(2)3/h7-10,13,16H,4-6,11-12H2,1-3H3,(H,19,22)(H,20,23). The van der Waals surface area contributed by atoms with Gasteiger partial charge in [-0.1, -0.05) is 0 Å². The molecule has 0 bridgehead atoms. The molecule has 24 heavy (non-hydrogen) atoms. The van der Waals surface area contributed by atoms with Gasteiger partial charge in [0.1, 0.15) is 0 Å². The Kier molecular flexibility index (Phi) is 6.61. The van der Waals surface area contributed by atoms with E-state index in [1.54, 1.807) is 29.2 Å². The summed E-state index contributed by atoms with van der Waals surface area (Å²) in [5.41, 5.74) is 1.25. The van der Waals surface area contributed by atoms with Crippen molar-refractivity contribution in [2.45, 2.75) is 45.8 Å². The molecular weight excluding hydrogens is 306 g/mol. The number of hydrogen-bond acceptors (Lipinski definition) is 3. The summed E-state index contributed by atoms with van der Waals surface area (Å²) in [6, 6.07) is 6.85. The Morgan fingerprint density at radius 2 is 2.00 bits per heavy atom. The van der Waals surface area contributed by atoms with Crippen LogP contribution in [-0.2, 0) is 4.74 Å². The van der Waals surface area contributed by atoms with Crippen LogP contribution >= 0.6 is 0 Å². The Morgan fingerprint density at radius 1 is 1.29 bits per heavy atom. The molecule has 2 N–H and O–H groups in total. The van der Waals surface area contributed by atoms with Gasteiger partial charge in [-0.25, -0.2) is 4.79 Å². The monoisotopic (exact) mass is 333 g/mol. The molecule has 1 fully saturated rings. The first-order chi connectivity index (χ1) is 11.5. The van der Waals surface area contributed by atoms with E-state index < -0.39 is 0 Å². The number of carbonyl (C=O) groups is 2. The van der Waals surface area contributed by atoms with Crippen molar-refractivity contribution < 1.29 is 14.3 Å². The van der Waals surface area contributed by atoms with E-state index in [1.165, 1.54) is 0 Å². The second-order valence-electron chi connectivity index (χ2n) is 6.31. The molecule has 6 heteroatoms. The third-order valence-corrected chi connectivity index (χ3v) is 3.94. The Morgan fingerprint density at radius 3 is 2.54 bits per heavy atom. The van der Waals surface area contributed by atoms with Crippen molar-refractivity contribution >= 4 is 17.6 Å². The molecule has 132 valence electrons. The highest BCUT2D eigenvalue weighted by molar-refractivity contribution is 5.95. The fraction of sp³-hybridized carbons (Fsp3) is 0.556. The molecule has 1 aromatic carbocycles. The number of urea groups is 1. The molecule has 0 aliphatic carbocycles. The summed E-state index contributed by atoms with van der Waals surface area (Å²) >= 11 is 0. The number of benzene rings is 1. The molecule has 1 saturated heterocycles. The number of anilines is 1. The summed E-state index contributed by atoms with van der Waals surface area (Å²) in [5.74, 6) is -0.114. The summed E-state index contributed by atoms with van der Waals surface area (Å²) in [4.78, 5) is 26.0. The van der Waals surface area contributed by atoms with Crippen LogP contribution in [0, 0.1) is 0 Å². The molecule has 6 nitrogen and oxygen atoms in total. The maximum absolute atomic E-state index is 12.4. The van der Waals surface area contributed by atoms with Gasteiger partial charge in [-0.2, -0.15) is 0 Å². The first-order valence-corrected chi connectivity index (χ1v) is 8.58. The summed E-state index contributed by atoms with van der Waals surface area (Å²) in [7, 11) is 0. The zero-order valence-corrected chi connectivity index (χ0v) is 14.7. The van der Waals surface area contributed by atoms with Gasteiger partial charge in [-0.3, -0.25) is 4.79 Å². The highest BCUT2D eigenvalue weighted by Crippen LogP contribution is 2.15. The van der Waals surface area contributed by atoms with Crippen molar-refractivity contribution in [3.63, 3.8) is 0 Å². The summed E-state index contributed by atoms with van der Waals surface area (Å²) < 4.78 is 5.59. The Balaban J connectivity index is 1.91. The van der Waals surface area contributed by atoms with Crippen LogP contribution in [0.3, 0.4) is 0 Å². The molecule has 0 saturated carbocycles. The topological polar surface area (TPSA) is 70.7 Å². The van der Waals surface area contributed by atoms with Gasteiger partial charge in [0.25, 0.3) is 5.91 Å². The fourth-order valence-corrected chi connectivity index (χ4v) is 2.64. The normalized spacial score (nSPS) is 16.9. The molecule has 1 heterocycles. The van der Waals surface area contributed by atoms with Crippen molar-refractivity contribution in [3.05, 3.63) is 29.8 Å². The first-order valence-electron chi connectivity index (χ1n) is 8.58. The number of likely N-dealkylation sites (N-methyl/N-ethyl adjacent to an activating group) is 1. The first kappa shape index (κ1) is 18.3. The van der Waals surface area contributed by atoms with Gasteiger partial charge in [0, 0.05) is 37.0 Å². The van der Waals surface area contributed by atoms with Crippen molar-refractivity contribution in [1.29, 1.82) is 0 Å². The maximum atomic E-state index is 12.4. The van der Waals surface area contributed by atoms with Gasteiger partial charge in [-0.15, -0.1) is 0 Å². The van der Waals surface area contributed by atoms with Crippen LogP contribution in [0.25, 0.3) is 0 Å². The Bertz CT molecular complexity index is 551. The van der Waals surface area contributed by atoms with Gasteiger partial charge < -0.3 is 20.3 Å². The second-order valence-corrected chi connectivity index (χ2v) is 6.31. The van der Waals surface area contributed by atoms with E-state index >= 15 is 0 Å². The number of amides is 3. The zero-order chi connectivity index (χ0) is 17.5. The number of hydrogen-bond donors (Lipinski definition) is 2. The molecular formula is C18H27N3O3. The maximum Gasteiger partial charge on any atom is 0.321 e. The summed E-state index contributed by atoms with van der Waals surface area (Å²) in [5, 5.41) is 5.71. The van der Waals surface area contributed by atoms with Gasteiger partial charge in [0.2, 0.25) is 0 Å². The molecule has 1 atom stereocenters. The molecule has 1 aromatic rings. The van der Waals surface area contributed by atoms with E-state index in [2.05, 4.69) is 10.6 Å². The highest BCUT2D eigenvalue weighted by atomic mass is 16.5. The van der Waals surface area contributed by atoms with E-state index in [4.69, 9.17) is 4.74 Å². The molecule has 1 aliphatic heterocycles. The Hall–Kier alpha value is -2.08. The molecule has 0 aromatic heterocycles. The number of ether oxygens (including phenoxy) is 1. The van der Waals surface area contributed by atoms with Crippen LogP contribution in [0.2, 0.25) is 0 Å². The highest BCUT2D eigenvalue weighted by Gasteiger charge is 2.21. The number of nitrogens with zero attached hydrogens (tertiary/aromatic N) is 1. The zero-order valence-electron chi connectivity index (χ0n) is 14.7. The van der Waals surface area contributed by atoms with E-state index in [0.717, 1.165) is 19.4 Å². The van der Waals surface area contributed by atoms with E-state index in [0.29, 0.717) is 24.3 Å². The average Bonchev–Trinajstić information content (AvgIpc) is 3.05. The lowest BCUT2D eigenvalue weighted by molar-refractivity contribution is 0.0849. The van der Waals surface area contributed by atoms with Crippen LogP contribution in [-0.4, -0.2) is 48.7 Å². The minimum atomic E-state index is -0.146. The SMILES string of the molecule is CCN(CC1CCCO1)C(=O)Nc1ccc(C(=O)NC(C)C)cc1. The lowest BCUT2D eigenvalue weighted by Gasteiger charge is -2.24. The van der Waals surface area contributed by atoms with Crippen molar-refractivity contribution in [2.24, 2.45) is 0 Å². The summed E-state index contributed by atoms with van der Waals surface area (Å²) in [6.45, 7) is 7.80. The van der Waals surface area contributed by atoms with E-state index in [9.17, 15) is 9.59 Å². The number of rotatable bonds is 6. The van der Waals surface area contributed by atoms with Crippen LogP contribution in [0.15, 0.2) is 24.3 Å². The molecule has 2 rings (SSSR count). The van der Waals surface area contributed by atoms with Crippen molar-refractivity contribution in [2.75, 3.05) is 25.0 Å². The Labute approximate surface area is 143 Å². The molecule has 1 aliphatic rings. The fourth-order valence-electron chi connectivity index (χ4n) is 2.64. The lowest BCUT2D eigenvalue weighted by atomic mass is 10.2. The van der Waals surface area contributed by atoms with Crippen LogP contribution in [0.4, 0.5) is 10.5 Å². The van der Waals surface area contributed by atoms with Crippen LogP contribution in [0.5, 0.6) is 0 Å². The minimum Gasteiger partial charge on any atom is -0.376 e. The predicted octanol–water partition coefficient (Wildman–Crippen LogP) is 2.86. The van der Waals surface area contributed by atoms with Gasteiger partial charge in [0.05, 0.1) is 6.10 Å². The third-order valence-electron chi connectivity index (χ3n) is 3.94. The average molecular weight is 333 g/mol. The van der Waals surface area contributed by atoms with Crippen LogP contribution in [0.1, 0.15) is 44.0 Å². The smallest absolute Gasteiger partial charge is 0.321 e. The summed E-state index contributed by atoms with van der Waals surface area (Å²) in [6.07, 6.45) is 2.20. The minimum absolute atomic E-state index is 0.0906. The quantitative estimate of drug-likeness (QED) is 0.841.